The molecule has 0 bridgehead atoms. The van der Waals surface area contributed by atoms with Crippen LogP contribution in [0.15, 0.2) is 29.2 Å². The first-order valence-corrected chi connectivity index (χ1v) is 7.12. The van der Waals surface area contributed by atoms with E-state index in [2.05, 4.69) is 0 Å². The third kappa shape index (κ3) is 3.69. The number of primary sulfonamides is 1. The molecule has 1 aromatic rings. The third-order valence-electron chi connectivity index (χ3n) is 2.41. The zero-order valence-corrected chi connectivity index (χ0v) is 10.8. The molecular formula is C11H19N3O2S. The molecule has 1 aromatic carbocycles. The molecule has 0 heterocycles. The lowest BCUT2D eigenvalue weighted by molar-refractivity contribution is 0.597. The molecule has 0 spiro atoms. The number of anilines is 1. The van der Waals surface area contributed by atoms with E-state index in [9.17, 15) is 8.42 Å². The summed E-state index contributed by atoms with van der Waals surface area (Å²) in [5, 5.41) is 5.20. The van der Waals surface area contributed by atoms with Crippen LogP contribution in [0.2, 0.25) is 0 Å². The molecule has 17 heavy (non-hydrogen) atoms. The largest absolute Gasteiger partial charge is 0.369 e. The van der Waals surface area contributed by atoms with Crippen molar-refractivity contribution in [2.75, 3.05) is 24.5 Å². The van der Waals surface area contributed by atoms with Crippen LogP contribution in [0.4, 0.5) is 5.69 Å². The SMILES string of the molecule is CCCN(CCN)c1ccccc1S(N)(=O)=O. The first-order chi connectivity index (χ1) is 8.00. The molecular weight excluding hydrogens is 238 g/mol. The molecule has 0 aliphatic carbocycles. The predicted molar refractivity (Wildman–Crippen MR) is 69.4 cm³/mol. The van der Waals surface area contributed by atoms with Gasteiger partial charge in [0.1, 0.15) is 4.90 Å². The molecule has 0 aliphatic heterocycles. The van der Waals surface area contributed by atoms with Crippen molar-refractivity contribution in [2.24, 2.45) is 10.9 Å². The fraction of sp³-hybridized carbons (Fsp3) is 0.455. The molecule has 0 unspecified atom stereocenters. The van der Waals surface area contributed by atoms with Crippen molar-refractivity contribution in [3.63, 3.8) is 0 Å². The van der Waals surface area contributed by atoms with E-state index >= 15 is 0 Å². The van der Waals surface area contributed by atoms with Gasteiger partial charge in [0.25, 0.3) is 0 Å². The fourth-order valence-electron chi connectivity index (χ4n) is 1.74. The summed E-state index contributed by atoms with van der Waals surface area (Å²) in [6.45, 7) is 3.87. The zero-order valence-electron chi connectivity index (χ0n) is 9.96. The number of para-hydroxylation sites is 1. The average Bonchev–Trinajstić information content (AvgIpc) is 2.28. The van der Waals surface area contributed by atoms with Crippen LogP contribution in [0.1, 0.15) is 13.3 Å². The Labute approximate surface area is 102 Å². The number of sulfonamides is 1. The molecule has 1 rings (SSSR count). The highest BCUT2D eigenvalue weighted by Crippen LogP contribution is 2.23. The van der Waals surface area contributed by atoms with Gasteiger partial charge in [-0.3, -0.25) is 0 Å². The second-order valence-electron chi connectivity index (χ2n) is 3.79. The summed E-state index contributed by atoms with van der Waals surface area (Å²) in [4.78, 5) is 2.10. The van der Waals surface area contributed by atoms with Crippen LogP contribution >= 0.6 is 0 Å². The molecule has 0 amide bonds. The molecule has 0 atom stereocenters. The van der Waals surface area contributed by atoms with Crippen molar-refractivity contribution in [1.29, 1.82) is 0 Å². The topological polar surface area (TPSA) is 89.4 Å². The van der Waals surface area contributed by atoms with Crippen LogP contribution in [-0.4, -0.2) is 28.1 Å². The van der Waals surface area contributed by atoms with Crippen LogP contribution in [0.3, 0.4) is 0 Å². The van der Waals surface area contributed by atoms with Gasteiger partial charge < -0.3 is 10.6 Å². The fourth-order valence-corrected chi connectivity index (χ4v) is 2.49. The van der Waals surface area contributed by atoms with E-state index in [0.29, 0.717) is 18.8 Å². The number of hydrogen-bond acceptors (Lipinski definition) is 4. The summed E-state index contributed by atoms with van der Waals surface area (Å²) in [5.74, 6) is 0. The Morgan fingerprint density at radius 2 is 1.88 bits per heavy atom. The summed E-state index contributed by atoms with van der Waals surface area (Å²) < 4.78 is 23.0. The maximum Gasteiger partial charge on any atom is 0.240 e. The molecule has 0 saturated carbocycles. The smallest absolute Gasteiger partial charge is 0.240 e. The summed E-state index contributed by atoms with van der Waals surface area (Å²) in [6.07, 6.45) is 0.916. The first-order valence-electron chi connectivity index (χ1n) is 5.57. The Hall–Kier alpha value is -1.11. The van der Waals surface area contributed by atoms with Crippen LogP contribution in [0.25, 0.3) is 0 Å². The molecule has 0 aliphatic rings. The van der Waals surface area contributed by atoms with Crippen molar-refractivity contribution in [3.8, 4) is 0 Å². The molecule has 0 aromatic heterocycles. The van der Waals surface area contributed by atoms with Gasteiger partial charge in [0.2, 0.25) is 10.0 Å². The molecule has 0 fully saturated rings. The minimum atomic E-state index is -3.70. The zero-order chi connectivity index (χ0) is 12.9. The van der Waals surface area contributed by atoms with Crippen LogP contribution in [-0.2, 0) is 10.0 Å². The highest BCUT2D eigenvalue weighted by Gasteiger charge is 2.17. The van der Waals surface area contributed by atoms with Gasteiger partial charge in [-0.25, -0.2) is 13.6 Å². The number of benzene rings is 1. The first kappa shape index (κ1) is 14.0. The van der Waals surface area contributed by atoms with Gasteiger partial charge in [0, 0.05) is 19.6 Å². The minimum absolute atomic E-state index is 0.155. The number of nitrogens with zero attached hydrogens (tertiary/aromatic N) is 1. The van der Waals surface area contributed by atoms with Crippen molar-refractivity contribution in [2.45, 2.75) is 18.2 Å². The number of rotatable bonds is 6. The van der Waals surface area contributed by atoms with Gasteiger partial charge in [-0.05, 0) is 18.6 Å². The van der Waals surface area contributed by atoms with Crippen molar-refractivity contribution in [3.05, 3.63) is 24.3 Å². The standard InChI is InChI=1S/C11H19N3O2S/c1-2-8-14(9-7-12)10-5-3-4-6-11(10)17(13,15)16/h3-6H,2,7-9,12H2,1H3,(H2,13,15,16). The lowest BCUT2D eigenvalue weighted by Gasteiger charge is -2.25. The third-order valence-corrected chi connectivity index (χ3v) is 3.36. The Morgan fingerprint density at radius 3 is 2.41 bits per heavy atom. The maximum absolute atomic E-state index is 11.5. The van der Waals surface area contributed by atoms with Gasteiger partial charge in [0.05, 0.1) is 5.69 Å². The van der Waals surface area contributed by atoms with Crippen LogP contribution in [0, 0.1) is 0 Å². The maximum atomic E-state index is 11.5. The molecule has 5 nitrogen and oxygen atoms in total. The van der Waals surface area contributed by atoms with Gasteiger partial charge in [0.15, 0.2) is 0 Å². The van der Waals surface area contributed by atoms with Gasteiger partial charge in [-0.2, -0.15) is 0 Å². The average molecular weight is 257 g/mol. The number of hydrogen-bond donors (Lipinski definition) is 2. The Balaban J connectivity index is 3.18. The molecule has 0 saturated heterocycles. The van der Waals surface area contributed by atoms with Gasteiger partial charge >= 0.3 is 0 Å². The summed E-state index contributed by atoms with van der Waals surface area (Å²) in [7, 11) is -3.70. The normalized spacial score (nSPS) is 11.5. The molecule has 96 valence electrons. The monoisotopic (exact) mass is 257 g/mol. The lowest BCUT2D eigenvalue weighted by Crippen LogP contribution is -2.31. The minimum Gasteiger partial charge on any atom is -0.369 e. The van der Waals surface area contributed by atoms with Crippen molar-refractivity contribution in [1.82, 2.24) is 0 Å². The highest BCUT2D eigenvalue weighted by molar-refractivity contribution is 7.89. The number of nitrogens with two attached hydrogens (primary N) is 2. The van der Waals surface area contributed by atoms with E-state index in [-0.39, 0.29) is 4.90 Å². The van der Waals surface area contributed by atoms with Crippen molar-refractivity contribution < 1.29 is 8.42 Å². The molecule has 0 radical (unpaired) electrons. The summed E-state index contributed by atoms with van der Waals surface area (Å²) >= 11 is 0. The van der Waals surface area contributed by atoms with E-state index in [0.717, 1.165) is 13.0 Å². The highest BCUT2D eigenvalue weighted by atomic mass is 32.2. The summed E-state index contributed by atoms with van der Waals surface area (Å²) in [5.41, 5.74) is 6.16. The van der Waals surface area contributed by atoms with Gasteiger partial charge in [-0.1, -0.05) is 19.1 Å². The second kappa shape index (κ2) is 6.00. The predicted octanol–water partition coefficient (Wildman–Crippen LogP) is 0.509. The lowest BCUT2D eigenvalue weighted by atomic mass is 10.2. The summed E-state index contributed by atoms with van der Waals surface area (Å²) in [6, 6.07) is 6.73. The van der Waals surface area contributed by atoms with Gasteiger partial charge in [-0.15, -0.1) is 0 Å². The van der Waals surface area contributed by atoms with E-state index in [1.807, 2.05) is 11.8 Å². The molecule has 6 heteroatoms. The van der Waals surface area contributed by atoms with E-state index in [4.69, 9.17) is 10.9 Å². The van der Waals surface area contributed by atoms with Crippen molar-refractivity contribution >= 4 is 15.7 Å². The van der Waals surface area contributed by atoms with E-state index in [1.165, 1.54) is 6.07 Å². The molecule has 4 N–H and O–H groups in total. The Morgan fingerprint density at radius 1 is 1.24 bits per heavy atom. The van der Waals surface area contributed by atoms with E-state index < -0.39 is 10.0 Å². The van der Waals surface area contributed by atoms with Crippen LogP contribution < -0.4 is 15.8 Å². The Kier molecular flexibility index (Phi) is 4.92. The second-order valence-corrected chi connectivity index (χ2v) is 5.32. The van der Waals surface area contributed by atoms with Crippen LogP contribution in [0.5, 0.6) is 0 Å². The quantitative estimate of drug-likeness (QED) is 0.777. The Bertz CT molecular complexity index is 454. The van der Waals surface area contributed by atoms with E-state index in [1.54, 1.807) is 18.2 Å².